The molecule has 1 aliphatic carbocycles. The molecule has 1 aromatic carbocycles. The summed E-state index contributed by atoms with van der Waals surface area (Å²) in [6.45, 7) is 6.32. The second-order valence-corrected chi connectivity index (χ2v) is 12.1. The van der Waals surface area contributed by atoms with E-state index in [1.165, 1.54) is 17.8 Å². The molecule has 1 N–H and O–H groups in total. The first kappa shape index (κ1) is 29.5. The van der Waals surface area contributed by atoms with Crippen LogP contribution in [0.4, 0.5) is 0 Å². The minimum Gasteiger partial charge on any atom is -0.353 e. The van der Waals surface area contributed by atoms with E-state index in [4.69, 9.17) is 16.6 Å². The maximum atomic E-state index is 13.6. The van der Waals surface area contributed by atoms with Gasteiger partial charge in [-0.05, 0) is 57.5 Å². The average molecular weight is 546 g/mol. The highest BCUT2D eigenvalue weighted by Crippen LogP contribution is 2.30. The lowest BCUT2D eigenvalue weighted by molar-refractivity contribution is -0.130. The molecule has 1 heterocycles. The highest BCUT2D eigenvalue weighted by molar-refractivity contribution is 7.18. The average Bonchev–Trinajstić information content (AvgIpc) is 3.27. The van der Waals surface area contributed by atoms with E-state index in [9.17, 15) is 14.4 Å². The van der Waals surface area contributed by atoms with Crippen LogP contribution < -0.4 is 5.32 Å². The lowest BCUT2D eigenvalue weighted by Gasteiger charge is -2.32. The number of Topliss-reactive ketones (excluding diaryl/α,β-unsaturated/α-hetero) is 2. The van der Waals surface area contributed by atoms with Crippen molar-refractivity contribution in [3.05, 3.63) is 40.4 Å². The first-order valence-electron chi connectivity index (χ1n) is 13.4. The van der Waals surface area contributed by atoms with Crippen LogP contribution in [0.2, 0.25) is 5.02 Å². The van der Waals surface area contributed by atoms with Crippen LogP contribution in [0, 0.1) is 11.8 Å². The van der Waals surface area contributed by atoms with Gasteiger partial charge in [0.25, 0.3) is 0 Å². The van der Waals surface area contributed by atoms with Gasteiger partial charge in [0, 0.05) is 48.9 Å². The number of amides is 1. The summed E-state index contributed by atoms with van der Waals surface area (Å²) in [6, 6.07) is 5.48. The number of carbonyl (C=O) groups excluding carboxylic acids is 3. The minimum atomic E-state index is -0.492. The van der Waals surface area contributed by atoms with Gasteiger partial charge in [-0.3, -0.25) is 14.4 Å². The molecule has 1 aliphatic rings. The smallest absolute Gasteiger partial charge is 0.224 e. The molecule has 2 aromatic rings. The number of hydrogen-bond acceptors (Lipinski definition) is 6. The third-order valence-corrected chi connectivity index (χ3v) is 8.46. The summed E-state index contributed by atoms with van der Waals surface area (Å²) in [5, 5.41) is 4.76. The molecule has 0 spiro atoms. The van der Waals surface area contributed by atoms with Crippen molar-refractivity contribution in [3.63, 3.8) is 0 Å². The van der Waals surface area contributed by atoms with Crippen molar-refractivity contribution in [1.29, 1.82) is 0 Å². The quantitative estimate of drug-likeness (QED) is 0.294. The van der Waals surface area contributed by atoms with Gasteiger partial charge in [0.15, 0.2) is 5.78 Å². The molecule has 1 saturated carbocycles. The predicted octanol–water partition coefficient (Wildman–Crippen LogP) is 6.01. The SMILES string of the molecule is C=C(CN(C)C)C(=O)CC[C@@H](NC(=O)[C@@H](CC(=O)CC)Cc1nc2ccc(Cl)cc2s1)C1CCCCC1. The van der Waals surface area contributed by atoms with Crippen molar-refractivity contribution in [2.45, 2.75) is 77.2 Å². The van der Waals surface area contributed by atoms with Crippen LogP contribution in [0.1, 0.15) is 69.7 Å². The Labute approximate surface area is 229 Å². The Hall–Kier alpha value is -2.09. The molecule has 0 radical (unpaired) electrons. The predicted molar refractivity (Wildman–Crippen MR) is 152 cm³/mol. The molecule has 1 amide bonds. The molecule has 6 nitrogen and oxygen atoms in total. The van der Waals surface area contributed by atoms with Crippen molar-refractivity contribution >= 4 is 50.6 Å². The molecule has 0 saturated heterocycles. The standard InChI is InChI=1S/C29H40ClN3O3S/c1-5-23(34)15-21(16-28-31-25-12-11-22(30)17-27(25)37-28)29(36)32-24(20-9-7-6-8-10-20)13-14-26(35)19(2)18-33(3)4/h11-12,17,20-21,24H,2,5-10,13-16,18H2,1,3-4H3,(H,32,36)/t21-,24+/m0/s1. The van der Waals surface area contributed by atoms with E-state index in [2.05, 4.69) is 11.9 Å². The van der Waals surface area contributed by atoms with Gasteiger partial charge in [-0.1, -0.05) is 44.4 Å². The summed E-state index contributed by atoms with van der Waals surface area (Å²) in [6.07, 6.45) is 7.55. The van der Waals surface area contributed by atoms with Crippen molar-refractivity contribution < 1.29 is 14.4 Å². The Bertz CT molecular complexity index is 1110. The molecule has 37 heavy (non-hydrogen) atoms. The Morgan fingerprint density at radius 3 is 2.62 bits per heavy atom. The monoisotopic (exact) mass is 545 g/mol. The van der Waals surface area contributed by atoms with Gasteiger partial charge in [-0.2, -0.15) is 0 Å². The Morgan fingerprint density at radius 2 is 1.95 bits per heavy atom. The molecule has 3 rings (SSSR count). The lowest BCUT2D eigenvalue weighted by Crippen LogP contribution is -2.45. The van der Waals surface area contributed by atoms with Gasteiger partial charge >= 0.3 is 0 Å². The molecule has 0 bridgehead atoms. The van der Waals surface area contributed by atoms with Gasteiger partial charge in [-0.15, -0.1) is 11.3 Å². The van der Waals surface area contributed by atoms with Crippen molar-refractivity contribution in [1.82, 2.24) is 15.2 Å². The highest BCUT2D eigenvalue weighted by atomic mass is 35.5. The Kier molecular flexibility index (Phi) is 11.3. The topological polar surface area (TPSA) is 79.4 Å². The number of ketones is 2. The van der Waals surface area contributed by atoms with Gasteiger partial charge in [-0.25, -0.2) is 4.98 Å². The van der Waals surface area contributed by atoms with E-state index in [0.717, 1.165) is 40.9 Å². The molecular formula is C29H40ClN3O3S. The van der Waals surface area contributed by atoms with Crippen molar-refractivity contribution in [2.75, 3.05) is 20.6 Å². The zero-order valence-corrected chi connectivity index (χ0v) is 23.9. The Morgan fingerprint density at radius 1 is 1.22 bits per heavy atom. The third kappa shape index (κ3) is 9.01. The van der Waals surface area contributed by atoms with Crippen LogP contribution in [-0.2, 0) is 20.8 Å². The van der Waals surface area contributed by atoms with E-state index in [1.807, 2.05) is 38.1 Å². The number of fused-ring (bicyclic) bond motifs is 1. The number of thiazole rings is 1. The van der Waals surface area contributed by atoms with Gasteiger partial charge in [0.1, 0.15) is 5.78 Å². The largest absolute Gasteiger partial charge is 0.353 e. The molecule has 8 heteroatoms. The summed E-state index contributed by atoms with van der Waals surface area (Å²) in [5.74, 6) is -0.147. The van der Waals surface area contributed by atoms with E-state index < -0.39 is 5.92 Å². The third-order valence-electron chi connectivity index (χ3n) is 7.19. The van der Waals surface area contributed by atoms with Crippen LogP contribution in [0.5, 0.6) is 0 Å². The number of halogens is 1. The first-order chi connectivity index (χ1) is 17.7. The number of carbonyl (C=O) groups is 3. The second-order valence-electron chi connectivity index (χ2n) is 10.5. The summed E-state index contributed by atoms with van der Waals surface area (Å²) in [7, 11) is 3.84. The fourth-order valence-corrected chi connectivity index (χ4v) is 6.44. The van der Waals surface area contributed by atoms with Crippen LogP contribution in [-0.4, -0.2) is 54.0 Å². The van der Waals surface area contributed by atoms with Crippen LogP contribution in [0.3, 0.4) is 0 Å². The second kappa shape index (κ2) is 14.2. The molecule has 1 aromatic heterocycles. The molecule has 0 unspecified atom stereocenters. The molecular weight excluding hydrogens is 506 g/mol. The zero-order chi connectivity index (χ0) is 26.9. The van der Waals surface area contributed by atoms with Crippen molar-refractivity contribution in [2.24, 2.45) is 11.8 Å². The van der Waals surface area contributed by atoms with E-state index >= 15 is 0 Å². The molecule has 1 fully saturated rings. The minimum absolute atomic E-state index is 0.0506. The van der Waals surface area contributed by atoms with Gasteiger partial charge in [0.05, 0.1) is 21.1 Å². The van der Waals surface area contributed by atoms with Crippen LogP contribution in [0.15, 0.2) is 30.4 Å². The number of rotatable bonds is 14. The summed E-state index contributed by atoms with van der Waals surface area (Å²) < 4.78 is 0.972. The van der Waals surface area contributed by atoms with E-state index in [0.29, 0.717) is 48.7 Å². The van der Waals surface area contributed by atoms with Crippen LogP contribution in [0.25, 0.3) is 10.2 Å². The summed E-state index contributed by atoms with van der Waals surface area (Å²) in [5.41, 5.74) is 1.45. The zero-order valence-electron chi connectivity index (χ0n) is 22.4. The van der Waals surface area contributed by atoms with E-state index in [-0.39, 0.29) is 29.9 Å². The van der Waals surface area contributed by atoms with Crippen molar-refractivity contribution in [3.8, 4) is 0 Å². The number of nitrogens with zero attached hydrogens (tertiary/aromatic N) is 2. The van der Waals surface area contributed by atoms with Gasteiger partial charge < -0.3 is 10.2 Å². The van der Waals surface area contributed by atoms with E-state index in [1.54, 1.807) is 6.07 Å². The maximum absolute atomic E-state index is 13.6. The fourth-order valence-electron chi connectivity index (χ4n) is 5.12. The number of benzene rings is 1. The number of hydrogen-bond donors (Lipinski definition) is 1. The number of nitrogens with one attached hydrogen (secondary N) is 1. The Balaban J connectivity index is 1.74. The number of likely N-dealkylation sites (N-methyl/N-ethyl adjacent to an activating group) is 1. The molecule has 0 aliphatic heterocycles. The maximum Gasteiger partial charge on any atom is 0.224 e. The summed E-state index contributed by atoms with van der Waals surface area (Å²) in [4.78, 5) is 45.4. The lowest BCUT2D eigenvalue weighted by atomic mass is 9.81. The molecule has 202 valence electrons. The normalized spacial score (nSPS) is 16.0. The number of aromatic nitrogens is 1. The first-order valence-corrected chi connectivity index (χ1v) is 14.6. The molecule has 2 atom stereocenters. The highest BCUT2D eigenvalue weighted by Gasteiger charge is 2.30. The summed E-state index contributed by atoms with van der Waals surface area (Å²) >= 11 is 7.65. The fraction of sp³-hybridized carbons (Fsp3) is 0.586. The van der Waals surface area contributed by atoms with Crippen LogP contribution >= 0.6 is 22.9 Å². The van der Waals surface area contributed by atoms with Gasteiger partial charge in [0.2, 0.25) is 5.91 Å².